The zero-order valence-electron chi connectivity index (χ0n) is 27.5. The SMILES string of the molecule is C.C.C.C.CCC.CCC=CC1(CC)c2ccccc2-c2ccccc21.CCC=CC1(CCCC)c2ccccc2-c2ccccc21. The summed E-state index contributed by atoms with van der Waals surface area (Å²) in [5.41, 5.74) is 11.7. The minimum absolute atomic E-state index is 0. The first-order chi connectivity index (χ1) is 21.1. The molecule has 0 aliphatic heterocycles. The molecule has 6 rings (SSSR count). The van der Waals surface area contributed by atoms with Crippen LogP contribution in [0.4, 0.5) is 0 Å². The van der Waals surface area contributed by atoms with E-state index in [2.05, 4.69) is 163 Å². The van der Waals surface area contributed by atoms with Gasteiger partial charge >= 0.3 is 0 Å². The summed E-state index contributed by atoms with van der Waals surface area (Å²) in [6.45, 7) is 13.2. The van der Waals surface area contributed by atoms with Crippen LogP contribution < -0.4 is 0 Å². The monoisotopic (exact) mass is 633 g/mol. The summed E-state index contributed by atoms with van der Waals surface area (Å²) in [5, 5.41) is 0. The summed E-state index contributed by atoms with van der Waals surface area (Å²) in [7, 11) is 0. The smallest absolute Gasteiger partial charge is 0.0394 e. The first kappa shape index (κ1) is 43.4. The molecule has 0 amide bonds. The van der Waals surface area contributed by atoms with Crippen LogP contribution in [0.15, 0.2) is 121 Å². The molecule has 0 atom stereocenters. The molecule has 0 spiro atoms. The van der Waals surface area contributed by atoms with E-state index >= 15 is 0 Å². The molecule has 4 aromatic rings. The first-order valence-corrected chi connectivity index (χ1v) is 16.8. The molecule has 2 aliphatic carbocycles. The average molecular weight is 633 g/mol. The van der Waals surface area contributed by atoms with Gasteiger partial charge in [-0.05, 0) is 70.2 Å². The maximum atomic E-state index is 2.47. The van der Waals surface area contributed by atoms with Crippen LogP contribution in [0.1, 0.15) is 138 Å². The Morgan fingerprint density at radius 1 is 0.447 bits per heavy atom. The second kappa shape index (κ2) is 20.6. The maximum absolute atomic E-state index is 2.47. The molecule has 2 aliphatic rings. The lowest BCUT2D eigenvalue weighted by Gasteiger charge is -2.29. The van der Waals surface area contributed by atoms with E-state index in [1.54, 1.807) is 0 Å². The molecule has 0 N–H and O–H groups in total. The van der Waals surface area contributed by atoms with Crippen LogP contribution in [0.2, 0.25) is 0 Å². The number of rotatable bonds is 8. The number of fused-ring (bicyclic) bond motifs is 6. The Labute approximate surface area is 292 Å². The summed E-state index contributed by atoms with van der Waals surface area (Å²) in [6.07, 6.45) is 17.8. The lowest BCUT2D eigenvalue weighted by Crippen LogP contribution is -2.22. The molecule has 0 radical (unpaired) electrons. The van der Waals surface area contributed by atoms with Gasteiger partial charge in [0.15, 0.2) is 0 Å². The molecular weight excluding hydrogens is 565 g/mol. The molecule has 0 fully saturated rings. The van der Waals surface area contributed by atoms with Crippen LogP contribution in [-0.2, 0) is 10.8 Å². The van der Waals surface area contributed by atoms with Crippen LogP contribution in [-0.4, -0.2) is 0 Å². The van der Waals surface area contributed by atoms with E-state index in [0.29, 0.717) is 0 Å². The van der Waals surface area contributed by atoms with E-state index in [-0.39, 0.29) is 40.5 Å². The van der Waals surface area contributed by atoms with Gasteiger partial charge < -0.3 is 0 Å². The third kappa shape index (κ3) is 8.45. The molecule has 0 unspecified atom stereocenters. The molecule has 4 aromatic carbocycles. The molecule has 0 bridgehead atoms. The predicted molar refractivity (Wildman–Crippen MR) is 217 cm³/mol. The molecule has 0 heteroatoms. The third-order valence-electron chi connectivity index (χ3n) is 8.97. The van der Waals surface area contributed by atoms with Gasteiger partial charge in [0.1, 0.15) is 0 Å². The van der Waals surface area contributed by atoms with Crippen molar-refractivity contribution >= 4 is 0 Å². The molecule has 0 saturated carbocycles. The van der Waals surface area contributed by atoms with Crippen molar-refractivity contribution in [2.24, 2.45) is 0 Å². The largest absolute Gasteiger partial charge is 0.0876 e. The summed E-state index contributed by atoms with van der Waals surface area (Å²) in [6, 6.07) is 35.6. The van der Waals surface area contributed by atoms with Gasteiger partial charge in [0.2, 0.25) is 0 Å². The highest BCUT2D eigenvalue weighted by molar-refractivity contribution is 5.83. The van der Waals surface area contributed by atoms with Gasteiger partial charge in [-0.25, -0.2) is 0 Å². The maximum Gasteiger partial charge on any atom is 0.0394 e. The van der Waals surface area contributed by atoms with E-state index in [4.69, 9.17) is 0 Å². The van der Waals surface area contributed by atoms with Crippen LogP contribution in [0.25, 0.3) is 22.3 Å². The Bertz CT molecular complexity index is 1420. The Morgan fingerprint density at radius 2 is 0.745 bits per heavy atom. The van der Waals surface area contributed by atoms with Gasteiger partial charge in [0.05, 0.1) is 0 Å². The van der Waals surface area contributed by atoms with E-state index in [0.717, 1.165) is 19.3 Å². The van der Waals surface area contributed by atoms with Crippen molar-refractivity contribution in [1.82, 2.24) is 0 Å². The van der Waals surface area contributed by atoms with Crippen molar-refractivity contribution < 1.29 is 0 Å². The molecule has 0 saturated heterocycles. The number of unbranched alkanes of at least 4 members (excludes halogenated alkanes) is 1. The molecule has 256 valence electrons. The number of benzene rings is 4. The number of allylic oxidation sites excluding steroid dienone is 4. The quantitative estimate of drug-likeness (QED) is 0.170. The van der Waals surface area contributed by atoms with E-state index < -0.39 is 0 Å². The lowest BCUT2D eigenvalue weighted by molar-refractivity contribution is 0.554. The molecule has 0 nitrogen and oxygen atoms in total. The molecule has 47 heavy (non-hydrogen) atoms. The van der Waals surface area contributed by atoms with E-state index in [1.807, 2.05) is 0 Å². The summed E-state index contributed by atoms with van der Waals surface area (Å²) in [4.78, 5) is 0. The summed E-state index contributed by atoms with van der Waals surface area (Å²) >= 11 is 0. The van der Waals surface area contributed by atoms with Crippen LogP contribution in [0, 0.1) is 0 Å². The predicted octanol–water partition coefficient (Wildman–Crippen LogP) is 15.4. The van der Waals surface area contributed by atoms with Crippen LogP contribution in [0.3, 0.4) is 0 Å². The fourth-order valence-corrected chi connectivity index (χ4v) is 7.02. The second-order valence-corrected chi connectivity index (χ2v) is 11.9. The fraction of sp³-hybridized carbons (Fsp3) is 0.404. The van der Waals surface area contributed by atoms with Crippen LogP contribution >= 0.6 is 0 Å². The van der Waals surface area contributed by atoms with Gasteiger partial charge in [0.25, 0.3) is 0 Å². The normalized spacial score (nSPS) is 13.4. The van der Waals surface area contributed by atoms with Crippen molar-refractivity contribution in [3.8, 4) is 22.3 Å². The number of hydrogen-bond donors (Lipinski definition) is 0. The standard InChI is InChI=1S/C21H24.C19H20.C3H8.4CH4/c1-3-5-15-21(16-6-4-2)19-13-9-7-11-17(19)18-12-8-10-14-20(18)21;1-3-5-14-19(4-2)17-12-8-6-10-15(17)16-11-7-9-13-18(16)19;1-3-2;;;;/h5,7-15H,3-4,6,16H2,1-2H3;5-14H,3-4H2,1-2H3;3H2,1-2H3;4*1H4. The average Bonchev–Trinajstić information content (AvgIpc) is 3.50. The zero-order chi connectivity index (χ0) is 30.7. The van der Waals surface area contributed by atoms with Gasteiger partial charge in [-0.3, -0.25) is 0 Å². The van der Waals surface area contributed by atoms with Gasteiger partial charge in [-0.15, -0.1) is 0 Å². The third-order valence-corrected chi connectivity index (χ3v) is 8.97. The van der Waals surface area contributed by atoms with Crippen molar-refractivity contribution in [3.05, 3.63) is 144 Å². The minimum Gasteiger partial charge on any atom is -0.0876 e. The molecule has 0 heterocycles. The molecule has 0 aromatic heterocycles. The van der Waals surface area contributed by atoms with Crippen molar-refractivity contribution in [2.75, 3.05) is 0 Å². The van der Waals surface area contributed by atoms with Gasteiger partial charge in [-0.2, -0.15) is 0 Å². The van der Waals surface area contributed by atoms with E-state index in [1.165, 1.54) is 70.2 Å². The lowest BCUT2D eigenvalue weighted by atomic mass is 9.74. The summed E-state index contributed by atoms with van der Waals surface area (Å²) < 4.78 is 0. The minimum atomic E-state index is 0. The van der Waals surface area contributed by atoms with Gasteiger partial charge in [0, 0.05) is 10.8 Å². The Kier molecular flexibility index (Phi) is 19.0. The highest BCUT2D eigenvalue weighted by atomic mass is 14.4. The zero-order valence-corrected chi connectivity index (χ0v) is 27.5. The van der Waals surface area contributed by atoms with Crippen molar-refractivity contribution in [2.45, 2.75) is 127 Å². The fourth-order valence-electron chi connectivity index (χ4n) is 7.02. The van der Waals surface area contributed by atoms with Gasteiger partial charge in [-0.1, -0.05) is 212 Å². The number of hydrogen-bond acceptors (Lipinski definition) is 0. The Morgan fingerprint density at radius 3 is 1.04 bits per heavy atom. The Balaban J connectivity index is 0.000000773. The van der Waals surface area contributed by atoms with Crippen molar-refractivity contribution in [1.29, 1.82) is 0 Å². The van der Waals surface area contributed by atoms with E-state index in [9.17, 15) is 0 Å². The summed E-state index contributed by atoms with van der Waals surface area (Å²) in [5.74, 6) is 0. The Hall–Kier alpha value is -3.64. The second-order valence-electron chi connectivity index (χ2n) is 11.9. The van der Waals surface area contributed by atoms with Crippen molar-refractivity contribution in [3.63, 3.8) is 0 Å². The molecular formula is C47H68. The highest BCUT2D eigenvalue weighted by Gasteiger charge is 2.40. The van der Waals surface area contributed by atoms with Crippen LogP contribution in [0.5, 0.6) is 0 Å². The first-order valence-electron chi connectivity index (χ1n) is 16.8. The highest BCUT2D eigenvalue weighted by Crippen LogP contribution is 2.53. The topological polar surface area (TPSA) is 0 Å².